The Labute approximate surface area is 97.3 Å². The molecule has 0 saturated heterocycles. The molecule has 0 N–H and O–H groups in total. The van der Waals surface area contributed by atoms with Crippen molar-refractivity contribution in [1.29, 1.82) is 0 Å². The van der Waals surface area contributed by atoms with E-state index in [4.69, 9.17) is 0 Å². The van der Waals surface area contributed by atoms with Gasteiger partial charge in [0.05, 0.1) is 0 Å². The lowest BCUT2D eigenvalue weighted by molar-refractivity contribution is -0.124. The van der Waals surface area contributed by atoms with Crippen LogP contribution in [0.15, 0.2) is 30.3 Å². The normalized spacial score (nSPS) is 9.12. The first-order valence-corrected chi connectivity index (χ1v) is 5.64. The summed E-state index contributed by atoms with van der Waals surface area (Å²) in [7, 11) is 0. The van der Waals surface area contributed by atoms with Gasteiger partial charge >= 0.3 is 0 Å². The summed E-state index contributed by atoms with van der Waals surface area (Å²) in [5.41, 5.74) is 0.878. The summed E-state index contributed by atoms with van der Waals surface area (Å²) in [6.45, 7) is 5.52. The van der Waals surface area contributed by atoms with Crippen molar-refractivity contribution < 1.29 is 4.79 Å². The van der Waals surface area contributed by atoms with E-state index in [0.29, 0.717) is 0 Å². The summed E-state index contributed by atoms with van der Waals surface area (Å²) >= 11 is 0. The Kier molecular flexibility index (Phi) is 5.15. The molecule has 0 atom stereocenters. The molecular weight excluding hydrogens is 198 g/mol. The second kappa shape index (κ2) is 6.68. The Morgan fingerprint density at radius 3 is 2.50 bits per heavy atom. The van der Waals surface area contributed by atoms with E-state index in [1.54, 1.807) is 4.90 Å². The molecule has 0 fully saturated rings. The van der Waals surface area contributed by atoms with Crippen LogP contribution < -0.4 is 0 Å². The van der Waals surface area contributed by atoms with E-state index in [0.717, 1.165) is 25.1 Å². The highest BCUT2D eigenvalue weighted by molar-refractivity contribution is 5.94. The van der Waals surface area contributed by atoms with Gasteiger partial charge in [-0.15, -0.1) is 0 Å². The van der Waals surface area contributed by atoms with Gasteiger partial charge in [0.15, 0.2) is 0 Å². The summed E-state index contributed by atoms with van der Waals surface area (Å²) in [6.07, 6.45) is 0.965. The minimum absolute atomic E-state index is 0.0896. The Morgan fingerprint density at radius 2 is 1.94 bits per heavy atom. The van der Waals surface area contributed by atoms with Gasteiger partial charge in [-0.3, -0.25) is 4.79 Å². The molecule has 0 bridgehead atoms. The van der Waals surface area contributed by atoms with Gasteiger partial charge in [0.1, 0.15) is 0 Å². The molecule has 0 heterocycles. The molecule has 1 aromatic rings. The number of hydrogen-bond acceptors (Lipinski definition) is 1. The first-order valence-electron chi connectivity index (χ1n) is 5.64. The fourth-order valence-corrected chi connectivity index (χ4v) is 1.40. The quantitative estimate of drug-likeness (QED) is 0.708. The second-order valence-corrected chi connectivity index (χ2v) is 3.50. The van der Waals surface area contributed by atoms with Crippen molar-refractivity contribution in [2.24, 2.45) is 0 Å². The fourth-order valence-electron chi connectivity index (χ4n) is 1.40. The zero-order valence-electron chi connectivity index (χ0n) is 9.86. The third-order valence-corrected chi connectivity index (χ3v) is 2.25. The zero-order chi connectivity index (χ0) is 11.8. The molecule has 16 heavy (non-hydrogen) atoms. The summed E-state index contributed by atoms with van der Waals surface area (Å²) in [5, 5.41) is 0. The van der Waals surface area contributed by atoms with Crippen LogP contribution in [0.5, 0.6) is 0 Å². The number of carbonyl (C=O) groups is 1. The Hall–Kier alpha value is -1.75. The SMILES string of the molecule is CCCN(CC)C(=O)C#Cc1ccccc1. The molecule has 0 aliphatic rings. The third kappa shape index (κ3) is 3.78. The molecule has 2 heteroatoms. The molecule has 1 amide bonds. The van der Waals surface area contributed by atoms with Gasteiger partial charge in [-0.05, 0) is 25.5 Å². The molecule has 0 radical (unpaired) electrons. The van der Waals surface area contributed by atoms with Gasteiger partial charge in [0.25, 0.3) is 5.91 Å². The first-order chi connectivity index (χ1) is 7.77. The van der Waals surface area contributed by atoms with Crippen LogP contribution in [0.25, 0.3) is 0 Å². The lowest BCUT2D eigenvalue weighted by atomic mass is 10.2. The van der Waals surface area contributed by atoms with E-state index < -0.39 is 0 Å². The van der Waals surface area contributed by atoms with Crippen molar-refractivity contribution in [3.63, 3.8) is 0 Å². The van der Waals surface area contributed by atoms with E-state index >= 15 is 0 Å². The van der Waals surface area contributed by atoms with Crippen molar-refractivity contribution >= 4 is 5.91 Å². The summed E-state index contributed by atoms with van der Waals surface area (Å²) in [6, 6.07) is 9.56. The van der Waals surface area contributed by atoms with E-state index in [9.17, 15) is 4.79 Å². The minimum atomic E-state index is -0.0896. The minimum Gasteiger partial charge on any atom is -0.332 e. The van der Waals surface area contributed by atoms with Crippen LogP contribution in [0.4, 0.5) is 0 Å². The van der Waals surface area contributed by atoms with E-state index in [1.165, 1.54) is 0 Å². The molecule has 1 aromatic carbocycles. The standard InChI is InChI=1S/C14H17NO/c1-3-12-15(4-2)14(16)11-10-13-8-6-5-7-9-13/h5-9H,3-4,12H2,1-2H3. The van der Waals surface area contributed by atoms with Crippen molar-refractivity contribution in [1.82, 2.24) is 4.90 Å². The molecular formula is C14H17NO. The molecule has 0 aliphatic heterocycles. The first kappa shape index (κ1) is 12.3. The molecule has 0 aliphatic carbocycles. The largest absolute Gasteiger partial charge is 0.332 e. The lowest BCUT2D eigenvalue weighted by Crippen LogP contribution is -2.30. The number of nitrogens with zero attached hydrogens (tertiary/aromatic N) is 1. The highest BCUT2D eigenvalue weighted by Gasteiger charge is 2.06. The monoisotopic (exact) mass is 215 g/mol. The van der Waals surface area contributed by atoms with Crippen LogP contribution in [0.3, 0.4) is 0 Å². The lowest BCUT2D eigenvalue weighted by Gasteiger charge is -2.16. The molecule has 2 nitrogen and oxygen atoms in total. The highest BCUT2D eigenvalue weighted by Crippen LogP contribution is 1.96. The number of carbonyl (C=O) groups excluding carboxylic acids is 1. The van der Waals surface area contributed by atoms with Crippen molar-refractivity contribution in [3.05, 3.63) is 35.9 Å². The summed E-state index contributed by atoms with van der Waals surface area (Å²) in [5.74, 6) is 5.46. The maximum absolute atomic E-state index is 11.7. The molecule has 84 valence electrons. The highest BCUT2D eigenvalue weighted by atomic mass is 16.2. The zero-order valence-corrected chi connectivity index (χ0v) is 9.86. The number of hydrogen-bond donors (Lipinski definition) is 0. The van der Waals surface area contributed by atoms with Crippen molar-refractivity contribution in [2.75, 3.05) is 13.1 Å². The number of benzene rings is 1. The summed E-state index contributed by atoms with van der Waals surface area (Å²) < 4.78 is 0. The topological polar surface area (TPSA) is 20.3 Å². The maximum Gasteiger partial charge on any atom is 0.298 e. The van der Waals surface area contributed by atoms with Crippen LogP contribution in [0.1, 0.15) is 25.8 Å². The number of amides is 1. The smallest absolute Gasteiger partial charge is 0.298 e. The van der Waals surface area contributed by atoms with Crippen molar-refractivity contribution in [3.8, 4) is 11.8 Å². The fraction of sp³-hybridized carbons (Fsp3) is 0.357. The van der Waals surface area contributed by atoms with Crippen molar-refractivity contribution in [2.45, 2.75) is 20.3 Å². The van der Waals surface area contributed by atoms with E-state index in [1.807, 2.05) is 37.3 Å². The van der Waals surface area contributed by atoms with Gasteiger partial charge < -0.3 is 4.90 Å². The second-order valence-electron chi connectivity index (χ2n) is 3.50. The maximum atomic E-state index is 11.7. The molecule has 0 aromatic heterocycles. The van der Waals surface area contributed by atoms with Crippen LogP contribution >= 0.6 is 0 Å². The third-order valence-electron chi connectivity index (χ3n) is 2.25. The summed E-state index contributed by atoms with van der Waals surface area (Å²) in [4.78, 5) is 13.4. The van der Waals surface area contributed by atoms with Gasteiger partial charge in [0, 0.05) is 24.6 Å². The molecule has 0 unspecified atom stereocenters. The van der Waals surface area contributed by atoms with Gasteiger partial charge in [-0.25, -0.2) is 0 Å². The van der Waals surface area contributed by atoms with Gasteiger partial charge in [-0.1, -0.05) is 31.0 Å². The van der Waals surface area contributed by atoms with Crippen LogP contribution in [0.2, 0.25) is 0 Å². The van der Waals surface area contributed by atoms with Crippen LogP contribution in [-0.2, 0) is 4.79 Å². The number of rotatable bonds is 3. The van der Waals surface area contributed by atoms with E-state index in [-0.39, 0.29) is 5.91 Å². The average molecular weight is 215 g/mol. The van der Waals surface area contributed by atoms with Gasteiger partial charge in [-0.2, -0.15) is 0 Å². The van der Waals surface area contributed by atoms with Gasteiger partial charge in [0.2, 0.25) is 0 Å². The Morgan fingerprint density at radius 1 is 1.25 bits per heavy atom. The van der Waals surface area contributed by atoms with E-state index in [2.05, 4.69) is 18.8 Å². The van der Waals surface area contributed by atoms with Crippen LogP contribution in [0, 0.1) is 11.8 Å². The molecule has 0 saturated carbocycles. The predicted molar refractivity (Wildman–Crippen MR) is 65.9 cm³/mol. The Balaban J connectivity index is 2.67. The molecule has 0 spiro atoms. The predicted octanol–water partition coefficient (Wildman–Crippen LogP) is 2.30. The van der Waals surface area contributed by atoms with Crippen LogP contribution in [-0.4, -0.2) is 23.9 Å². The molecule has 1 rings (SSSR count). The Bertz CT molecular complexity index is 386. The average Bonchev–Trinajstić information content (AvgIpc) is 2.34.